The van der Waals surface area contributed by atoms with Crippen molar-refractivity contribution in [1.82, 2.24) is 14.9 Å². The summed E-state index contributed by atoms with van der Waals surface area (Å²) in [6, 6.07) is 6.58. The molecule has 1 aromatic heterocycles. The highest BCUT2D eigenvalue weighted by Crippen LogP contribution is 2.30. The van der Waals surface area contributed by atoms with Crippen LogP contribution in [0.5, 0.6) is 0 Å². The predicted molar refractivity (Wildman–Crippen MR) is 94.9 cm³/mol. The van der Waals surface area contributed by atoms with E-state index in [1.165, 1.54) is 31.4 Å². The first-order chi connectivity index (χ1) is 12.2. The minimum atomic E-state index is -0.219. The van der Waals surface area contributed by atoms with Crippen LogP contribution in [0, 0.1) is 5.82 Å². The Bertz CT molecular complexity index is 794. The Labute approximate surface area is 147 Å². The molecule has 2 heterocycles. The normalized spacial score (nSPS) is 18.9. The van der Waals surface area contributed by atoms with Gasteiger partial charge in [-0.1, -0.05) is 31.4 Å². The number of H-pyrrole nitrogens is 1. The van der Waals surface area contributed by atoms with Gasteiger partial charge in [-0.15, -0.1) is 0 Å². The van der Waals surface area contributed by atoms with Crippen molar-refractivity contribution in [3.8, 4) is 0 Å². The van der Waals surface area contributed by atoms with E-state index >= 15 is 0 Å². The van der Waals surface area contributed by atoms with E-state index in [4.69, 9.17) is 4.98 Å². The third-order valence-corrected chi connectivity index (χ3v) is 5.48. The Balaban J connectivity index is 1.51. The van der Waals surface area contributed by atoms with Crippen molar-refractivity contribution in [2.45, 2.75) is 57.5 Å². The zero-order chi connectivity index (χ0) is 17.2. The van der Waals surface area contributed by atoms with Crippen molar-refractivity contribution in [2.24, 2.45) is 0 Å². The van der Waals surface area contributed by atoms with Crippen molar-refractivity contribution >= 4 is 0 Å². The van der Waals surface area contributed by atoms with Gasteiger partial charge in [0, 0.05) is 32.0 Å². The average Bonchev–Trinajstić information content (AvgIpc) is 2.65. The largest absolute Gasteiger partial charge is 0.310 e. The van der Waals surface area contributed by atoms with Crippen LogP contribution in [0.15, 0.2) is 29.1 Å². The van der Waals surface area contributed by atoms with Crippen LogP contribution in [0.4, 0.5) is 4.39 Å². The molecule has 2 aliphatic rings. The summed E-state index contributed by atoms with van der Waals surface area (Å²) in [5.74, 6) is 1.10. The molecule has 1 fully saturated rings. The summed E-state index contributed by atoms with van der Waals surface area (Å²) < 4.78 is 13.0. The van der Waals surface area contributed by atoms with Gasteiger partial charge in [0.25, 0.3) is 5.56 Å². The van der Waals surface area contributed by atoms with Crippen molar-refractivity contribution in [2.75, 3.05) is 6.54 Å². The maximum absolute atomic E-state index is 13.0. The van der Waals surface area contributed by atoms with Crippen molar-refractivity contribution in [3.05, 3.63) is 63.1 Å². The van der Waals surface area contributed by atoms with E-state index in [1.54, 1.807) is 12.1 Å². The van der Waals surface area contributed by atoms with Gasteiger partial charge in [-0.05, 0) is 30.5 Å². The number of aromatic nitrogens is 2. The van der Waals surface area contributed by atoms with E-state index in [-0.39, 0.29) is 11.4 Å². The molecule has 1 saturated carbocycles. The minimum Gasteiger partial charge on any atom is -0.310 e. The lowest BCUT2D eigenvalue weighted by atomic mass is 9.88. The molecule has 1 N–H and O–H groups in total. The van der Waals surface area contributed by atoms with Gasteiger partial charge < -0.3 is 4.98 Å². The summed E-state index contributed by atoms with van der Waals surface area (Å²) in [7, 11) is 0. The molecule has 0 saturated heterocycles. The number of nitrogens with one attached hydrogen (secondary N) is 1. The Morgan fingerprint density at radius 3 is 2.68 bits per heavy atom. The lowest BCUT2D eigenvalue weighted by molar-refractivity contribution is 0.241. The quantitative estimate of drug-likeness (QED) is 0.929. The third kappa shape index (κ3) is 3.66. The zero-order valence-electron chi connectivity index (χ0n) is 14.4. The third-order valence-electron chi connectivity index (χ3n) is 5.48. The molecular weight excluding hydrogens is 317 g/mol. The fraction of sp³-hybridized carbons (Fsp3) is 0.500. The molecule has 0 spiro atoms. The SMILES string of the molecule is O=c1[nH]c(C2CCCCC2)nc2c1CN(Cc1ccc(F)cc1)CC2. The lowest BCUT2D eigenvalue weighted by Gasteiger charge is -2.29. The summed E-state index contributed by atoms with van der Waals surface area (Å²) >= 11 is 0. The molecular formula is C20H24FN3O. The van der Waals surface area contributed by atoms with Gasteiger partial charge in [-0.25, -0.2) is 9.37 Å². The molecule has 132 valence electrons. The first-order valence-corrected chi connectivity index (χ1v) is 9.28. The van der Waals surface area contributed by atoms with Crippen molar-refractivity contribution < 1.29 is 4.39 Å². The second kappa shape index (κ2) is 7.08. The van der Waals surface area contributed by atoms with E-state index in [0.29, 0.717) is 12.5 Å². The Hall–Kier alpha value is -2.01. The zero-order valence-corrected chi connectivity index (χ0v) is 14.4. The highest BCUT2D eigenvalue weighted by Gasteiger charge is 2.24. The first-order valence-electron chi connectivity index (χ1n) is 9.28. The molecule has 0 atom stereocenters. The molecule has 5 heteroatoms. The van der Waals surface area contributed by atoms with Gasteiger partial charge in [0.2, 0.25) is 0 Å². The van der Waals surface area contributed by atoms with Crippen molar-refractivity contribution in [3.63, 3.8) is 0 Å². The molecule has 0 bridgehead atoms. The summed E-state index contributed by atoms with van der Waals surface area (Å²) in [5, 5.41) is 0. The van der Waals surface area contributed by atoms with E-state index in [0.717, 1.165) is 55.0 Å². The number of hydrogen-bond acceptors (Lipinski definition) is 3. The fourth-order valence-corrected chi connectivity index (χ4v) is 4.05. The van der Waals surface area contributed by atoms with Gasteiger partial charge >= 0.3 is 0 Å². The number of nitrogens with zero attached hydrogens (tertiary/aromatic N) is 2. The maximum Gasteiger partial charge on any atom is 0.255 e. The highest BCUT2D eigenvalue weighted by atomic mass is 19.1. The fourth-order valence-electron chi connectivity index (χ4n) is 4.05. The highest BCUT2D eigenvalue weighted by molar-refractivity contribution is 5.23. The van der Waals surface area contributed by atoms with Gasteiger partial charge in [-0.3, -0.25) is 9.69 Å². The second-order valence-electron chi connectivity index (χ2n) is 7.30. The summed E-state index contributed by atoms with van der Waals surface area (Å²) in [6.07, 6.45) is 6.84. The first kappa shape index (κ1) is 16.5. The summed E-state index contributed by atoms with van der Waals surface area (Å²) in [4.78, 5) is 22.7. The van der Waals surface area contributed by atoms with Crippen LogP contribution in [-0.4, -0.2) is 21.4 Å². The average molecular weight is 341 g/mol. The van der Waals surface area contributed by atoms with Crippen LogP contribution >= 0.6 is 0 Å². The smallest absolute Gasteiger partial charge is 0.255 e. The van der Waals surface area contributed by atoms with Gasteiger partial charge in [0.1, 0.15) is 11.6 Å². The number of fused-ring (bicyclic) bond motifs is 1. The number of rotatable bonds is 3. The number of hydrogen-bond donors (Lipinski definition) is 1. The molecule has 1 aliphatic carbocycles. The predicted octanol–water partition coefficient (Wildman–Crippen LogP) is 3.52. The molecule has 0 unspecified atom stereocenters. The molecule has 4 nitrogen and oxygen atoms in total. The van der Waals surface area contributed by atoms with Crippen molar-refractivity contribution in [1.29, 1.82) is 0 Å². The van der Waals surface area contributed by atoms with Crippen LogP contribution in [0.25, 0.3) is 0 Å². The van der Waals surface area contributed by atoms with Crippen LogP contribution in [0.3, 0.4) is 0 Å². The minimum absolute atomic E-state index is 0.0226. The van der Waals surface area contributed by atoms with Crippen LogP contribution < -0.4 is 5.56 Å². The Kier molecular flexibility index (Phi) is 4.66. The maximum atomic E-state index is 13.0. The molecule has 25 heavy (non-hydrogen) atoms. The van der Waals surface area contributed by atoms with E-state index in [9.17, 15) is 9.18 Å². The van der Waals surface area contributed by atoms with Gasteiger partial charge in [0.15, 0.2) is 0 Å². The molecule has 0 amide bonds. The molecule has 2 aromatic rings. The topological polar surface area (TPSA) is 49.0 Å². The van der Waals surface area contributed by atoms with Crippen LogP contribution in [0.2, 0.25) is 0 Å². The Morgan fingerprint density at radius 1 is 1.16 bits per heavy atom. The lowest BCUT2D eigenvalue weighted by Crippen LogP contribution is -2.36. The molecule has 1 aliphatic heterocycles. The van der Waals surface area contributed by atoms with Crippen LogP contribution in [-0.2, 0) is 19.5 Å². The number of benzene rings is 1. The van der Waals surface area contributed by atoms with E-state index in [2.05, 4.69) is 9.88 Å². The van der Waals surface area contributed by atoms with Gasteiger partial charge in [-0.2, -0.15) is 0 Å². The van der Waals surface area contributed by atoms with E-state index in [1.807, 2.05) is 0 Å². The molecule has 4 rings (SSSR count). The number of halogens is 1. The van der Waals surface area contributed by atoms with Gasteiger partial charge in [0.05, 0.1) is 11.3 Å². The number of aromatic amines is 1. The molecule has 0 radical (unpaired) electrons. The monoisotopic (exact) mass is 341 g/mol. The second-order valence-corrected chi connectivity index (χ2v) is 7.30. The standard InChI is InChI=1S/C20H24FN3O/c21-16-8-6-14(7-9-16)12-24-11-10-18-17(13-24)20(25)23-19(22-18)15-4-2-1-3-5-15/h6-9,15H,1-5,10-13H2,(H,22,23,25). The molecule has 1 aromatic carbocycles. The van der Waals surface area contributed by atoms with E-state index < -0.39 is 0 Å². The van der Waals surface area contributed by atoms with Crippen LogP contribution in [0.1, 0.15) is 60.7 Å². The summed E-state index contributed by atoms with van der Waals surface area (Å²) in [6.45, 7) is 2.22. The summed E-state index contributed by atoms with van der Waals surface area (Å²) in [5.41, 5.74) is 2.86. The Morgan fingerprint density at radius 2 is 1.92 bits per heavy atom.